The average molecular weight is 251 g/mol. The molecule has 1 heterocycles. The maximum absolute atomic E-state index is 12.1. The van der Waals surface area contributed by atoms with Gasteiger partial charge in [0, 0.05) is 5.56 Å². The number of aliphatic carboxylic acids is 1. The molecule has 1 aromatic rings. The largest absolute Gasteiger partial charge is 0.481 e. The smallest absolute Gasteiger partial charge is 0.307 e. The summed E-state index contributed by atoms with van der Waals surface area (Å²) in [4.78, 5) is 23.1. The highest BCUT2D eigenvalue weighted by Gasteiger charge is 2.37. The molecule has 0 spiro atoms. The lowest BCUT2D eigenvalue weighted by atomic mass is 9.95. The Morgan fingerprint density at radius 3 is 2.89 bits per heavy atom. The van der Waals surface area contributed by atoms with Gasteiger partial charge < -0.3 is 10.4 Å². The SMILES string of the molecule is CCc1cn[nH]c1NC(=O)C1CCCC1C(=O)O. The number of aryl methyl sites for hydroxylation is 1. The summed E-state index contributed by atoms with van der Waals surface area (Å²) in [6.07, 6.45) is 4.44. The monoisotopic (exact) mass is 251 g/mol. The lowest BCUT2D eigenvalue weighted by Gasteiger charge is -2.15. The summed E-state index contributed by atoms with van der Waals surface area (Å²) >= 11 is 0. The second-order valence-corrected chi connectivity index (χ2v) is 4.60. The lowest BCUT2D eigenvalue weighted by Crippen LogP contribution is -2.30. The number of H-pyrrole nitrogens is 1. The van der Waals surface area contributed by atoms with Crippen LogP contribution in [-0.4, -0.2) is 27.2 Å². The zero-order valence-electron chi connectivity index (χ0n) is 10.3. The second-order valence-electron chi connectivity index (χ2n) is 4.60. The molecule has 2 unspecified atom stereocenters. The zero-order chi connectivity index (χ0) is 13.1. The van der Waals surface area contributed by atoms with Gasteiger partial charge in [0.15, 0.2) is 0 Å². The summed E-state index contributed by atoms with van der Waals surface area (Å²) in [6.45, 7) is 1.97. The van der Waals surface area contributed by atoms with Crippen molar-refractivity contribution in [2.24, 2.45) is 11.8 Å². The maximum Gasteiger partial charge on any atom is 0.307 e. The van der Waals surface area contributed by atoms with Crippen LogP contribution in [0.1, 0.15) is 31.7 Å². The Labute approximate surface area is 105 Å². The second kappa shape index (κ2) is 5.20. The van der Waals surface area contributed by atoms with E-state index in [1.807, 2.05) is 6.92 Å². The minimum absolute atomic E-state index is 0.223. The molecule has 18 heavy (non-hydrogen) atoms. The Morgan fingerprint density at radius 1 is 1.50 bits per heavy atom. The maximum atomic E-state index is 12.1. The first kappa shape index (κ1) is 12.6. The van der Waals surface area contributed by atoms with Gasteiger partial charge in [-0.2, -0.15) is 5.10 Å². The molecule has 98 valence electrons. The fraction of sp³-hybridized carbons (Fsp3) is 0.583. The van der Waals surface area contributed by atoms with Gasteiger partial charge in [-0.25, -0.2) is 0 Å². The number of hydrogen-bond acceptors (Lipinski definition) is 3. The average Bonchev–Trinajstić information content (AvgIpc) is 2.96. The Bertz CT molecular complexity index is 455. The third-order valence-electron chi connectivity index (χ3n) is 3.52. The van der Waals surface area contributed by atoms with Crippen LogP contribution in [0.15, 0.2) is 6.20 Å². The predicted molar refractivity (Wildman–Crippen MR) is 65.1 cm³/mol. The van der Waals surface area contributed by atoms with Crippen LogP contribution in [0.3, 0.4) is 0 Å². The number of carbonyl (C=O) groups excluding carboxylic acids is 1. The van der Waals surface area contributed by atoms with E-state index in [0.29, 0.717) is 18.7 Å². The van der Waals surface area contributed by atoms with Crippen LogP contribution in [-0.2, 0) is 16.0 Å². The molecule has 1 fully saturated rings. The fourth-order valence-electron chi connectivity index (χ4n) is 2.47. The van der Waals surface area contributed by atoms with E-state index < -0.39 is 17.8 Å². The van der Waals surface area contributed by atoms with Crippen molar-refractivity contribution in [3.8, 4) is 0 Å². The summed E-state index contributed by atoms with van der Waals surface area (Å²) < 4.78 is 0. The molecule has 0 aromatic carbocycles. The van der Waals surface area contributed by atoms with Gasteiger partial charge >= 0.3 is 5.97 Å². The van der Waals surface area contributed by atoms with Crippen molar-refractivity contribution in [3.63, 3.8) is 0 Å². The van der Waals surface area contributed by atoms with Crippen molar-refractivity contribution in [2.75, 3.05) is 5.32 Å². The Hall–Kier alpha value is -1.85. The van der Waals surface area contributed by atoms with Gasteiger partial charge in [0.1, 0.15) is 5.82 Å². The minimum Gasteiger partial charge on any atom is -0.481 e. The number of aromatic nitrogens is 2. The summed E-state index contributed by atoms with van der Waals surface area (Å²) in [5.41, 5.74) is 0.924. The third kappa shape index (κ3) is 2.37. The van der Waals surface area contributed by atoms with Crippen molar-refractivity contribution in [1.29, 1.82) is 0 Å². The lowest BCUT2D eigenvalue weighted by molar-refractivity contribution is -0.145. The minimum atomic E-state index is -0.882. The highest BCUT2D eigenvalue weighted by atomic mass is 16.4. The van der Waals surface area contributed by atoms with Crippen LogP contribution in [0.2, 0.25) is 0 Å². The number of aromatic amines is 1. The zero-order valence-corrected chi connectivity index (χ0v) is 10.3. The summed E-state index contributed by atoms with van der Waals surface area (Å²) in [7, 11) is 0. The van der Waals surface area contributed by atoms with Gasteiger partial charge in [0.05, 0.1) is 18.0 Å². The van der Waals surface area contributed by atoms with Gasteiger partial charge in [-0.05, 0) is 19.3 Å². The first-order chi connectivity index (χ1) is 8.63. The van der Waals surface area contributed by atoms with E-state index in [2.05, 4.69) is 15.5 Å². The summed E-state index contributed by atoms with van der Waals surface area (Å²) in [5.74, 6) is -1.51. The molecular formula is C12H17N3O3. The van der Waals surface area contributed by atoms with Gasteiger partial charge in [-0.1, -0.05) is 13.3 Å². The number of nitrogens with one attached hydrogen (secondary N) is 2. The van der Waals surface area contributed by atoms with Crippen molar-refractivity contribution < 1.29 is 14.7 Å². The first-order valence-electron chi connectivity index (χ1n) is 6.19. The Kier molecular flexibility index (Phi) is 3.64. The molecule has 0 saturated heterocycles. The van der Waals surface area contributed by atoms with E-state index in [4.69, 9.17) is 5.11 Å². The van der Waals surface area contributed by atoms with E-state index in [-0.39, 0.29) is 5.91 Å². The van der Waals surface area contributed by atoms with Crippen LogP contribution >= 0.6 is 0 Å². The van der Waals surface area contributed by atoms with Gasteiger partial charge in [0.2, 0.25) is 5.91 Å². The molecule has 1 saturated carbocycles. The Morgan fingerprint density at radius 2 is 2.22 bits per heavy atom. The molecule has 6 nitrogen and oxygen atoms in total. The number of carbonyl (C=O) groups is 2. The van der Waals surface area contributed by atoms with E-state index in [0.717, 1.165) is 18.4 Å². The summed E-state index contributed by atoms with van der Waals surface area (Å²) in [6, 6.07) is 0. The number of amides is 1. The molecule has 0 radical (unpaired) electrons. The Balaban J connectivity index is 2.06. The molecule has 1 amide bonds. The van der Waals surface area contributed by atoms with E-state index in [1.54, 1.807) is 6.20 Å². The standard InChI is InChI=1S/C12H17N3O3/c1-2-7-6-13-15-10(7)14-11(16)8-4-3-5-9(8)12(17)18/h6,8-9H,2-5H2,1H3,(H,17,18)(H2,13,14,15,16). The van der Waals surface area contributed by atoms with Gasteiger partial charge in [0.25, 0.3) is 0 Å². The predicted octanol–water partition coefficient (Wildman–Crippen LogP) is 1.41. The number of rotatable bonds is 4. The molecule has 1 aliphatic rings. The number of carboxylic acids is 1. The van der Waals surface area contributed by atoms with E-state index in [9.17, 15) is 9.59 Å². The van der Waals surface area contributed by atoms with Crippen LogP contribution in [0.25, 0.3) is 0 Å². The molecule has 6 heteroatoms. The number of nitrogens with zero attached hydrogens (tertiary/aromatic N) is 1. The van der Waals surface area contributed by atoms with Crippen molar-refractivity contribution in [3.05, 3.63) is 11.8 Å². The number of anilines is 1. The molecule has 1 aromatic heterocycles. The van der Waals surface area contributed by atoms with Crippen molar-refractivity contribution in [1.82, 2.24) is 10.2 Å². The van der Waals surface area contributed by atoms with Crippen LogP contribution in [0, 0.1) is 11.8 Å². The van der Waals surface area contributed by atoms with Crippen molar-refractivity contribution >= 4 is 17.7 Å². The normalized spacial score (nSPS) is 22.9. The number of carboxylic acid groups (broad SMARTS) is 1. The molecule has 1 aliphatic carbocycles. The fourth-order valence-corrected chi connectivity index (χ4v) is 2.47. The molecule has 0 aliphatic heterocycles. The molecule has 3 N–H and O–H groups in total. The summed E-state index contributed by atoms with van der Waals surface area (Å²) in [5, 5.41) is 18.4. The molecule has 0 bridgehead atoms. The van der Waals surface area contributed by atoms with Crippen molar-refractivity contribution in [2.45, 2.75) is 32.6 Å². The first-order valence-corrected chi connectivity index (χ1v) is 6.19. The highest BCUT2D eigenvalue weighted by molar-refractivity contribution is 5.95. The van der Waals surface area contributed by atoms with Crippen LogP contribution in [0.5, 0.6) is 0 Å². The van der Waals surface area contributed by atoms with Gasteiger partial charge in [-0.3, -0.25) is 14.7 Å². The highest BCUT2D eigenvalue weighted by Crippen LogP contribution is 2.32. The topological polar surface area (TPSA) is 95.1 Å². The van der Waals surface area contributed by atoms with E-state index in [1.165, 1.54) is 0 Å². The number of hydrogen-bond donors (Lipinski definition) is 3. The molecular weight excluding hydrogens is 234 g/mol. The van der Waals surface area contributed by atoms with Crippen LogP contribution in [0.4, 0.5) is 5.82 Å². The molecule has 2 rings (SSSR count). The van der Waals surface area contributed by atoms with Gasteiger partial charge in [-0.15, -0.1) is 0 Å². The molecule has 2 atom stereocenters. The third-order valence-corrected chi connectivity index (χ3v) is 3.52. The van der Waals surface area contributed by atoms with Crippen LogP contribution < -0.4 is 5.32 Å². The quantitative estimate of drug-likeness (QED) is 0.754. The van der Waals surface area contributed by atoms with E-state index >= 15 is 0 Å².